The number of ether oxygens (including phenoxy) is 5. The lowest BCUT2D eigenvalue weighted by atomic mass is 10.00. The summed E-state index contributed by atoms with van der Waals surface area (Å²) in [4.78, 5) is 11.7. The van der Waals surface area contributed by atoms with E-state index >= 15 is 0 Å². The van der Waals surface area contributed by atoms with Gasteiger partial charge in [0.2, 0.25) is 0 Å². The number of carbonyl (C=O) groups excluding carboxylic acids is 1. The summed E-state index contributed by atoms with van der Waals surface area (Å²) in [5.74, 6) is -1.65. The number of thiophene rings is 1. The molecule has 0 radical (unpaired) electrons. The van der Waals surface area contributed by atoms with Crippen molar-refractivity contribution >= 4 is 27.4 Å². The highest BCUT2D eigenvalue weighted by atomic mass is 32.1. The number of fused-ring (bicyclic) bond motifs is 1. The van der Waals surface area contributed by atoms with E-state index in [1.807, 2.05) is 25.1 Å². The lowest BCUT2D eigenvalue weighted by Crippen LogP contribution is -2.46. The molecule has 0 saturated heterocycles. The first-order chi connectivity index (χ1) is 20.4. The zero-order valence-corrected chi connectivity index (χ0v) is 24.3. The number of alkyl halides is 8. The van der Waals surface area contributed by atoms with Crippen LogP contribution in [0.4, 0.5) is 35.1 Å². The second-order valence-corrected chi connectivity index (χ2v) is 10.6. The Bertz CT molecular complexity index is 1440. The van der Waals surface area contributed by atoms with E-state index in [0.717, 1.165) is 47.1 Å². The van der Waals surface area contributed by atoms with Gasteiger partial charge in [-0.2, -0.15) is 17.6 Å². The molecule has 0 aliphatic rings. The number of carbonyl (C=O) groups is 1. The summed E-state index contributed by atoms with van der Waals surface area (Å²) >= 11 is 1.34. The van der Waals surface area contributed by atoms with Crippen molar-refractivity contribution in [1.29, 1.82) is 0 Å². The van der Waals surface area contributed by atoms with Gasteiger partial charge in [0.25, 0.3) is 0 Å². The van der Waals surface area contributed by atoms with E-state index in [0.29, 0.717) is 10.8 Å². The fourth-order valence-corrected chi connectivity index (χ4v) is 5.12. The normalized spacial score (nSPS) is 12.9. The molecular formula is C29H28F8O6S. The number of unbranched alkanes of at least 4 members (excludes halogenated alkanes) is 2. The van der Waals surface area contributed by atoms with Crippen molar-refractivity contribution in [2.24, 2.45) is 0 Å². The number of esters is 1. The lowest BCUT2D eigenvalue weighted by molar-refractivity contribution is -0.574. The molecule has 0 aliphatic heterocycles. The van der Waals surface area contributed by atoms with Crippen molar-refractivity contribution in [2.75, 3.05) is 13.2 Å². The number of hydrogen-bond donors (Lipinski definition) is 0. The van der Waals surface area contributed by atoms with Crippen LogP contribution >= 0.6 is 11.3 Å². The summed E-state index contributed by atoms with van der Waals surface area (Å²) < 4.78 is 127. The van der Waals surface area contributed by atoms with E-state index in [4.69, 9.17) is 4.74 Å². The lowest BCUT2D eigenvalue weighted by Gasteiger charge is -2.27. The monoisotopic (exact) mass is 656 g/mol. The molecule has 2 aromatic carbocycles. The molecule has 0 N–H and O–H groups in total. The van der Waals surface area contributed by atoms with Crippen molar-refractivity contribution in [2.45, 2.75) is 64.3 Å². The van der Waals surface area contributed by atoms with Crippen LogP contribution < -0.4 is 4.74 Å². The van der Waals surface area contributed by atoms with Crippen molar-refractivity contribution in [1.82, 2.24) is 0 Å². The van der Waals surface area contributed by atoms with Crippen molar-refractivity contribution < 1.29 is 63.6 Å². The first kappa shape index (κ1) is 35.2. The number of aryl methyl sites for hydroxylation is 2. The second kappa shape index (κ2) is 14.2. The third kappa shape index (κ3) is 10.7. The molecule has 242 valence electrons. The molecule has 44 heavy (non-hydrogen) atoms. The van der Waals surface area contributed by atoms with Crippen molar-refractivity contribution in [3.05, 3.63) is 66.2 Å². The second-order valence-electron chi connectivity index (χ2n) is 9.52. The van der Waals surface area contributed by atoms with Crippen LogP contribution in [-0.4, -0.2) is 44.0 Å². The van der Waals surface area contributed by atoms with Gasteiger partial charge in [0.1, 0.15) is 5.75 Å². The van der Waals surface area contributed by atoms with Crippen molar-refractivity contribution in [3.8, 4) is 16.2 Å². The maximum atomic E-state index is 14.1. The quantitative estimate of drug-likeness (QED) is 0.0475. The molecule has 6 nitrogen and oxygen atoms in total. The van der Waals surface area contributed by atoms with Gasteiger partial charge in [-0.1, -0.05) is 44.5 Å². The highest BCUT2D eigenvalue weighted by Gasteiger charge is 2.57. The average molecular weight is 657 g/mol. The molecule has 0 atom stereocenters. The minimum Gasteiger partial charge on any atom is -0.484 e. The molecule has 1 heterocycles. The van der Waals surface area contributed by atoms with E-state index in [2.05, 4.69) is 38.5 Å². The Morgan fingerprint density at radius 3 is 2.14 bits per heavy atom. The van der Waals surface area contributed by atoms with Gasteiger partial charge < -0.3 is 9.47 Å². The first-order valence-electron chi connectivity index (χ1n) is 13.1. The fraction of sp³-hybridized carbons (Fsp3) is 0.414. The smallest absolute Gasteiger partial charge is 0.484 e. The van der Waals surface area contributed by atoms with Gasteiger partial charge in [-0.15, -0.1) is 28.9 Å². The summed E-state index contributed by atoms with van der Waals surface area (Å²) in [7, 11) is 0. The molecule has 0 aliphatic carbocycles. The Balaban J connectivity index is 1.61. The topological polar surface area (TPSA) is 63.2 Å². The molecule has 0 saturated carbocycles. The van der Waals surface area contributed by atoms with Crippen LogP contribution in [0.15, 0.2) is 55.1 Å². The maximum Gasteiger partial charge on any atom is 0.496 e. The van der Waals surface area contributed by atoms with E-state index in [1.54, 1.807) is 6.07 Å². The fourth-order valence-electron chi connectivity index (χ4n) is 3.94. The van der Waals surface area contributed by atoms with Crippen LogP contribution in [0.3, 0.4) is 0 Å². The first-order valence-corrected chi connectivity index (χ1v) is 13.9. The van der Waals surface area contributed by atoms with Gasteiger partial charge in [-0.3, -0.25) is 0 Å². The van der Waals surface area contributed by atoms with Crippen LogP contribution in [-0.2, 0) is 30.2 Å². The number of hydrogen-bond acceptors (Lipinski definition) is 7. The molecule has 0 bridgehead atoms. The molecule has 0 fully saturated rings. The highest BCUT2D eigenvalue weighted by molar-refractivity contribution is 7.22. The summed E-state index contributed by atoms with van der Waals surface area (Å²) in [5, 5.41) is 0.755. The Morgan fingerprint density at radius 1 is 0.864 bits per heavy atom. The molecule has 0 spiro atoms. The Labute approximate surface area is 251 Å². The van der Waals surface area contributed by atoms with Crippen LogP contribution in [0.5, 0.6) is 5.75 Å². The van der Waals surface area contributed by atoms with Gasteiger partial charge in [0.05, 0.1) is 0 Å². The minimum absolute atomic E-state index is 0.177. The molecule has 3 rings (SSSR count). The number of rotatable bonds is 17. The highest BCUT2D eigenvalue weighted by Crippen LogP contribution is 2.39. The summed E-state index contributed by atoms with van der Waals surface area (Å²) in [6.45, 7) is 2.95. The SMILES string of the molecule is C=CC(=O)OCC(F)(F)OC(F)(F)OC(F)(F)OC(F)(F)COc1ccc2cc(-c3ccc(CCCCC)cc3C)sc2c1. The van der Waals surface area contributed by atoms with Gasteiger partial charge in [0.15, 0.2) is 13.2 Å². The zero-order valence-electron chi connectivity index (χ0n) is 23.5. The Kier molecular flexibility index (Phi) is 11.4. The predicted octanol–water partition coefficient (Wildman–Crippen LogP) is 9.05. The predicted molar refractivity (Wildman–Crippen MR) is 145 cm³/mol. The number of halogens is 8. The minimum atomic E-state index is -5.86. The van der Waals surface area contributed by atoms with Crippen molar-refractivity contribution in [3.63, 3.8) is 0 Å². The third-order valence-corrected chi connectivity index (χ3v) is 6.98. The molecule has 1 aromatic heterocycles. The van der Waals surface area contributed by atoms with Crippen LogP contribution in [0, 0.1) is 6.92 Å². The summed E-state index contributed by atoms with van der Waals surface area (Å²) in [6, 6.07) is 12.3. The molecule has 0 unspecified atom stereocenters. The van der Waals surface area contributed by atoms with Gasteiger partial charge in [-0.25, -0.2) is 19.0 Å². The third-order valence-electron chi connectivity index (χ3n) is 5.85. The zero-order chi connectivity index (χ0) is 32.8. The Hall–Kier alpha value is -3.27. The van der Waals surface area contributed by atoms with Gasteiger partial charge in [-0.05, 0) is 66.1 Å². The van der Waals surface area contributed by atoms with Gasteiger partial charge >= 0.3 is 30.8 Å². The van der Waals surface area contributed by atoms with Gasteiger partial charge in [0, 0.05) is 15.7 Å². The largest absolute Gasteiger partial charge is 0.496 e. The molecule has 0 amide bonds. The van der Waals surface area contributed by atoms with E-state index in [-0.39, 0.29) is 5.75 Å². The van der Waals surface area contributed by atoms with Crippen LogP contribution in [0.25, 0.3) is 20.5 Å². The Morgan fingerprint density at radius 2 is 1.52 bits per heavy atom. The van der Waals surface area contributed by atoms with E-state index in [9.17, 15) is 39.9 Å². The molecule has 15 heteroatoms. The maximum absolute atomic E-state index is 14.1. The number of benzene rings is 2. The van der Waals surface area contributed by atoms with E-state index < -0.39 is 44.0 Å². The van der Waals surface area contributed by atoms with Crippen LogP contribution in [0.1, 0.15) is 37.3 Å². The average Bonchev–Trinajstić information content (AvgIpc) is 3.32. The van der Waals surface area contributed by atoms with E-state index in [1.165, 1.54) is 29.0 Å². The van der Waals surface area contributed by atoms with Crippen LogP contribution in [0.2, 0.25) is 0 Å². The molecule has 3 aromatic rings. The molecular weight excluding hydrogens is 628 g/mol. The summed E-state index contributed by atoms with van der Waals surface area (Å²) in [6.07, 6.45) is -17.0. The standard InChI is InChI=1S/C29H28F8O6S/c1-4-6-7-8-19-9-12-22(18(3)13-19)24-14-20-10-11-21(15-23(20)44-24)39-16-26(30,31)41-28(34,35)43-29(36,37)42-27(32,33)17-40-25(38)5-2/h5,9-15H,2,4,6-8,16-17H2,1,3H3. The summed E-state index contributed by atoms with van der Waals surface area (Å²) in [5.41, 5.74) is 3.25.